The molecule has 0 aliphatic heterocycles. The van der Waals surface area contributed by atoms with Crippen LogP contribution in [0.5, 0.6) is 0 Å². The number of hydrogen-bond donors (Lipinski definition) is 0. The minimum atomic E-state index is 1.20. The topological polar surface area (TPSA) is 0 Å². The van der Waals surface area contributed by atoms with E-state index in [-0.39, 0.29) is 0 Å². The first-order chi connectivity index (χ1) is 4.97. The molecule has 0 unspecified atom stereocenters. The molecule has 0 aromatic heterocycles. The molecule has 0 aliphatic carbocycles. The van der Waals surface area contributed by atoms with Crippen LogP contribution in [0.15, 0.2) is 36.4 Å². The molecule has 0 nitrogen and oxygen atoms in total. The number of benzene rings is 2. The van der Waals surface area contributed by atoms with Crippen molar-refractivity contribution < 1.29 is 0 Å². The Labute approximate surface area is 60.1 Å². The van der Waals surface area contributed by atoms with Crippen LogP contribution >= 0.6 is 0 Å². The predicted molar refractivity (Wildman–Crippen MR) is 41.6 cm³/mol. The molecule has 46 valence electrons. The first-order valence-corrected chi connectivity index (χ1v) is 3.23. The van der Waals surface area contributed by atoms with Crippen LogP contribution in [0.4, 0.5) is 0 Å². The standard InChI is InChI=1S/C10H6/c1-2-6-10-8-4-3-7-9(10)5-1/h1,3,5-8H. The van der Waals surface area contributed by atoms with E-state index >= 15 is 0 Å². The van der Waals surface area contributed by atoms with Crippen LogP contribution in [0.1, 0.15) is 0 Å². The van der Waals surface area contributed by atoms with Crippen molar-refractivity contribution in [2.75, 3.05) is 0 Å². The molecule has 2 aromatic rings. The zero-order valence-corrected chi connectivity index (χ0v) is 5.46. The molecule has 0 heterocycles. The number of hydrogen-bond acceptors (Lipinski definition) is 0. The van der Waals surface area contributed by atoms with Gasteiger partial charge in [0.2, 0.25) is 0 Å². The van der Waals surface area contributed by atoms with Crippen molar-refractivity contribution in [1.82, 2.24) is 0 Å². The molecule has 0 bridgehead atoms. The summed E-state index contributed by atoms with van der Waals surface area (Å²) in [7, 11) is 0. The van der Waals surface area contributed by atoms with Gasteiger partial charge in [-0.15, -0.1) is 0 Å². The zero-order valence-electron chi connectivity index (χ0n) is 5.46. The van der Waals surface area contributed by atoms with Crippen LogP contribution in [0, 0.1) is 12.1 Å². The van der Waals surface area contributed by atoms with Gasteiger partial charge in [0.15, 0.2) is 0 Å². The van der Waals surface area contributed by atoms with Crippen molar-refractivity contribution in [2.24, 2.45) is 0 Å². The molecule has 0 aliphatic rings. The monoisotopic (exact) mass is 126 g/mol. The van der Waals surface area contributed by atoms with Gasteiger partial charge in [-0.2, -0.15) is 0 Å². The summed E-state index contributed by atoms with van der Waals surface area (Å²) < 4.78 is 0. The van der Waals surface area contributed by atoms with Crippen LogP contribution in [0.25, 0.3) is 10.8 Å². The SMILES string of the molecule is [c]1ccc2cc[c]cc2c1. The molecule has 0 saturated heterocycles. The van der Waals surface area contributed by atoms with Gasteiger partial charge in [-0.3, -0.25) is 0 Å². The van der Waals surface area contributed by atoms with Gasteiger partial charge in [-0.25, -0.2) is 0 Å². The van der Waals surface area contributed by atoms with Gasteiger partial charge in [0.05, 0.1) is 0 Å². The molecule has 0 saturated carbocycles. The molecule has 2 radical (unpaired) electrons. The Bertz CT molecular complexity index is 271. The second kappa shape index (κ2) is 2.14. The van der Waals surface area contributed by atoms with Crippen LogP contribution in [-0.4, -0.2) is 0 Å². The van der Waals surface area contributed by atoms with E-state index in [9.17, 15) is 0 Å². The largest absolute Gasteiger partial charge is 0.0538 e. The molecule has 10 heavy (non-hydrogen) atoms. The lowest BCUT2D eigenvalue weighted by atomic mass is 10.1. The van der Waals surface area contributed by atoms with E-state index < -0.39 is 0 Å². The highest BCUT2D eigenvalue weighted by molar-refractivity contribution is 5.81. The van der Waals surface area contributed by atoms with Crippen molar-refractivity contribution >= 4 is 10.8 Å². The highest BCUT2D eigenvalue weighted by Crippen LogP contribution is 2.10. The van der Waals surface area contributed by atoms with E-state index in [1.54, 1.807) is 0 Å². The van der Waals surface area contributed by atoms with Crippen molar-refractivity contribution in [3.8, 4) is 0 Å². The average Bonchev–Trinajstić information content (AvgIpc) is 2.05. The van der Waals surface area contributed by atoms with Crippen LogP contribution in [0.3, 0.4) is 0 Å². The molecule has 0 atom stereocenters. The lowest BCUT2D eigenvalue weighted by molar-refractivity contribution is 1.73. The molecule has 2 aromatic carbocycles. The Balaban J connectivity index is 2.89. The van der Waals surface area contributed by atoms with Gasteiger partial charge in [-0.05, 0) is 35.0 Å². The average molecular weight is 126 g/mol. The minimum Gasteiger partial charge on any atom is -0.0538 e. The summed E-state index contributed by atoms with van der Waals surface area (Å²) >= 11 is 0. The van der Waals surface area contributed by atoms with Gasteiger partial charge in [-0.1, -0.05) is 24.3 Å². The van der Waals surface area contributed by atoms with Gasteiger partial charge in [0.25, 0.3) is 0 Å². The third-order valence-electron chi connectivity index (χ3n) is 1.53. The normalized spacial score (nSPS) is 10.0. The molecular weight excluding hydrogens is 120 g/mol. The summed E-state index contributed by atoms with van der Waals surface area (Å²) in [6.45, 7) is 0. The number of fused-ring (bicyclic) bond motifs is 1. The van der Waals surface area contributed by atoms with Crippen LogP contribution < -0.4 is 0 Å². The second-order valence-corrected chi connectivity index (χ2v) is 2.20. The zero-order chi connectivity index (χ0) is 6.81. The molecule has 0 N–H and O–H groups in total. The third kappa shape index (κ3) is 0.781. The van der Waals surface area contributed by atoms with Crippen LogP contribution in [0.2, 0.25) is 0 Å². The van der Waals surface area contributed by atoms with E-state index in [2.05, 4.69) is 12.1 Å². The Morgan fingerprint density at radius 3 is 1.90 bits per heavy atom. The van der Waals surface area contributed by atoms with Crippen molar-refractivity contribution in [3.63, 3.8) is 0 Å². The summed E-state index contributed by atoms with van der Waals surface area (Å²) in [4.78, 5) is 0. The second-order valence-electron chi connectivity index (χ2n) is 2.20. The maximum absolute atomic E-state index is 3.02. The van der Waals surface area contributed by atoms with Gasteiger partial charge in [0, 0.05) is 0 Å². The van der Waals surface area contributed by atoms with E-state index in [1.807, 2.05) is 36.4 Å². The Morgan fingerprint density at radius 1 is 0.800 bits per heavy atom. The quantitative estimate of drug-likeness (QED) is 0.508. The summed E-state index contributed by atoms with van der Waals surface area (Å²) in [5.41, 5.74) is 0. The molecule has 0 spiro atoms. The highest BCUT2D eigenvalue weighted by Gasteiger charge is 1.85. The first kappa shape index (κ1) is 5.48. The Hall–Kier alpha value is -1.30. The van der Waals surface area contributed by atoms with E-state index in [4.69, 9.17) is 0 Å². The number of rotatable bonds is 0. The third-order valence-corrected chi connectivity index (χ3v) is 1.53. The van der Waals surface area contributed by atoms with Gasteiger partial charge in [0.1, 0.15) is 0 Å². The summed E-state index contributed by atoms with van der Waals surface area (Å²) in [5.74, 6) is 0. The molecular formula is C10H6. The smallest absolute Gasteiger partial charge is 0.0172 e. The van der Waals surface area contributed by atoms with E-state index in [0.29, 0.717) is 0 Å². The summed E-state index contributed by atoms with van der Waals surface area (Å²) in [5, 5.41) is 2.45. The lowest BCUT2D eigenvalue weighted by Gasteiger charge is -1.91. The van der Waals surface area contributed by atoms with Crippen molar-refractivity contribution in [3.05, 3.63) is 48.5 Å². The maximum Gasteiger partial charge on any atom is -0.0172 e. The van der Waals surface area contributed by atoms with E-state index in [0.717, 1.165) is 0 Å². The Kier molecular flexibility index (Phi) is 1.17. The molecule has 0 fully saturated rings. The van der Waals surface area contributed by atoms with E-state index in [1.165, 1.54) is 10.8 Å². The Morgan fingerprint density at radius 2 is 1.40 bits per heavy atom. The fourth-order valence-electron chi connectivity index (χ4n) is 1.01. The van der Waals surface area contributed by atoms with Crippen molar-refractivity contribution in [1.29, 1.82) is 0 Å². The summed E-state index contributed by atoms with van der Waals surface area (Å²) in [6, 6.07) is 17.9. The fraction of sp³-hybridized carbons (Fsp3) is 0. The van der Waals surface area contributed by atoms with Crippen LogP contribution in [-0.2, 0) is 0 Å². The summed E-state index contributed by atoms with van der Waals surface area (Å²) in [6.07, 6.45) is 0. The molecule has 0 heteroatoms. The maximum atomic E-state index is 3.02. The van der Waals surface area contributed by atoms with Gasteiger partial charge < -0.3 is 0 Å². The first-order valence-electron chi connectivity index (χ1n) is 3.23. The van der Waals surface area contributed by atoms with Crippen molar-refractivity contribution in [2.45, 2.75) is 0 Å². The lowest BCUT2D eigenvalue weighted by Crippen LogP contribution is -1.68. The fourth-order valence-corrected chi connectivity index (χ4v) is 1.01. The molecule has 0 amide bonds. The van der Waals surface area contributed by atoms with Gasteiger partial charge >= 0.3 is 0 Å². The highest BCUT2D eigenvalue weighted by atomic mass is 13.9. The predicted octanol–water partition coefficient (Wildman–Crippen LogP) is 2.44. The molecule has 2 rings (SSSR count). The minimum absolute atomic E-state index is 1.20.